The van der Waals surface area contributed by atoms with E-state index in [1.54, 1.807) is 13.1 Å². The molecule has 1 aromatic heterocycles. The molecular weight excluding hydrogens is 384 g/mol. The molecule has 0 fully saturated rings. The maximum absolute atomic E-state index is 13.2. The summed E-state index contributed by atoms with van der Waals surface area (Å²) in [5.74, 6) is 0.128. The highest BCUT2D eigenvalue weighted by molar-refractivity contribution is 6.08. The van der Waals surface area contributed by atoms with Gasteiger partial charge in [-0.3, -0.25) is 14.5 Å². The molecular formula is C27H32N2O2. The number of hydrogen-bond acceptors (Lipinski definition) is 3. The van der Waals surface area contributed by atoms with Crippen molar-refractivity contribution in [1.29, 1.82) is 0 Å². The largest absolute Gasteiger partial charge is 0.360 e. The molecule has 0 aliphatic heterocycles. The normalized spacial score (nSPS) is 13.0. The van der Waals surface area contributed by atoms with E-state index in [0.717, 1.165) is 28.5 Å². The van der Waals surface area contributed by atoms with Gasteiger partial charge in [0.1, 0.15) is 5.78 Å². The molecule has 0 radical (unpaired) electrons. The van der Waals surface area contributed by atoms with E-state index < -0.39 is 0 Å². The molecule has 0 bridgehead atoms. The molecule has 3 rings (SSSR count). The van der Waals surface area contributed by atoms with Gasteiger partial charge in [0.15, 0.2) is 5.78 Å². The third-order valence-electron chi connectivity index (χ3n) is 5.91. The highest BCUT2D eigenvalue weighted by atomic mass is 16.1. The molecule has 0 amide bonds. The number of hydrogen-bond donors (Lipinski definition) is 1. The minimum atomic E-state index is -0.333. The number of fused-ring (bicyclic) bond motifs is 1. The van der Waals surface area contributed by atoms with Gasteiger partial charge in [-0.2, -0.15) is 0 Å². The first kappa shape index (κ1) is 22.7. The summed E-state index contributed by atoms with van der Waals surface area (Å²) in [7, 11) is 0. The number of rotatable bonds is 10. The average Bonchev–Trinajstić information content (AvgIpc) is 3.19. The van der Waals surface area contributed by atoms with Crippen LogP contribution in [-0.4, -0.2) is 40.6 Å². The molecule has 31 heavy (non-hydrogen) atoms. The molecule has 4 heteroatoms. The number of nitrogens with zero attached hydrogens (tertiary/aromatic N) is 1. The smallest absolute Gasteiger partial charge is 0.178 e. The third kappa shape index (κ3) is 5.20. The van der Waals surface area contributed by atoms with Crippen LogP contribution in [0.5, 0.6) is 0 Å². The van der Waals surface area contributed by atoms with Gasteiger partial charge in [-0.25, -0.2) is 0 Å². The molecule has 1 unspecified atom stereocenters. The number of ketones is 2. The fourth-order valence-electron chi connectivity index (χ4n) is 4.26. The molecule has 162 valence electrons. The number of para-hydroxylation sites is 1. The minimum Gasteiger partial charge on any atom is -0.360 e. The average molecular weight is 417 g/mol. The lowest BCUT2D eigenvalue weighted by Crippen LogP contribution is -2.43. The van der Waals surface area contributed by atoms with E-state index in [1.807, 2.05) is 48.2 Å². The van der Waals surface area contributed by atoms with Crippen LogP contribution in [0.3, 0.4) is 0 Å². The minimum absolute atomic E-state index is 0.0371. The van der Waals surface area contributed by atoms with Gasteiger partial charge in [0.05, 0.1) is 12.6 Å². The van der Waals surface area contributed by atoms with Crippen molar-refractivity contribution in [2.24, 2.45) is 0 Å². The van der Waals surface area contributed by atoms with E-state index in [1.165, 1.54) is 5.56 Å². The van der Waals surface area contributed by atoms with E-state index in [4.69, 9.17) is 0 Å². The van der Waals surface area contributed by atoms with E-state index >= 15 is 0 Å². The summed E-state index contributed by atoms with van der Waals surface area (Å²) in [5.41, 5.74) is 5.13. The van der Waals surface area contributed by atoms with Crippen LogP contribution in [-0.2, 0) is 4.79 Å². The molecule has 4 nitrogen and oxygen atoms in total. The van der Waals surface area contributed by atoms with Crippen LogP contribution >= 0.6 is 0 Å². The van der Waals surface area contributed by atoms with Crippen molar-refractivity contribution in [1.82, 2.24) is 9.88 Å². The van der Waals surface area contributed by atoms with E-state index in [9.17, 15) is 9.59 Å². The molecule has 1 atom stereocenters. The lowest BCUT2D eigenvalue weighted by atomic mass is 9.92. The van der Waals surface area contributed by atoms with Gasteiger partial charge in [-0.05, 0) is 62.9 Å². The first-order valence-corrected chi connectivity index (χ1v) is 11.0. The van der Waals surface area contributed by atoms with Gasteiger partial charge in [-0.15, -0.1) is 0 Å². The first-order valence-electron chi connectivity index (χ1n) is 11.0. The van der Waals surface area contributed by atoms with Crippen LogP contribution in [0.15, 0.2) is 60.8 Å². The second kappa shape index (κ2) is 10.4. The summed E-state index contributed by atoms with van der Waals surface area (Å²) < 4.78 is 0. The first-order chi connectivity index (χ1) is 15.0. The number of aromatic nitrogens is 1. The molecule has 0 aliphatic rings. The van der Waals surface area contributed by atoms with E-state index in [2.05, 4.69) is 37.0 Å². The van der Waals surface area contributed by atoms with Crippen molar-refractivity contribution in [2.75, 3.05) is 13.1 Å². The Hall–Kier alpha value is -2.98. The van der Waals surface area contributed by atoms with Crippen LogP contribution in [0, 0.1) is 6.92 Å². The standard InChI is InChI=1S/C27H32N2O2/c1-5-15-29(18-27(31)24-17-28-25-14-10-9-13-23(24)25)26(20(4)30)16-21(6-2)22-12-8-7-11-19(22)3/h6-14,17,26,28H,5,15-16,18H2,1-4H3/b21-6-. The zero-order valence-corrected chi connectivity index (χ0v) is 18.9. The quantitative estimate of drug-likeness (QED) is 0.424. The molecule has 3 aromatic rings. The number of allylic oxidation sites excluding steroid dienone is 1. The Kier molecular flexibility index (Phi) is 7.59. The van der Waals surface area contributed by atoms with E-state index in [-0.39, 0.29) is 24.2 Å². The second-order valence-electron chi connectivity index (χ2n) is 8.10. The van der Waals surface area contributed by atoms with Crippen LogP contribution in [0.25, 0.3) is 16.5 Å². The Morgan fingerprint density at radius 2 is 1.77 bits per heavy atom. The summed E-state index contributed by atoms with van der Waals surface area (Å²) in [6.07, 6.45) is 5.34. The predicted molar refractivity (Wildman–Crippen MR) is 128 cm³/mol. The Labute approximate surface area is 185 Å². The summed E-state index contributed by atoms with van der Waals surface area (Å²) in [4.78, 5) is 31.2. The molecule has 2 aromatic carbocycles. The zero-order valence-electron chi connectivity index (χ0n) is 18.9. The highest BCUT2D eigenvalue weighted by Crippen LogP contribution is 2.26. The summed E-state index contributed by atoms with van der Waals surface area (Å²) in [6, 6.07) is 15.7. The second-order valence-corrected chi connectivity index (χ2v) is 8.10. The molecule has 0 saturated carbocycles. The van der Waals surface area contributed by atoms with Crippen LogP contribution in [0.2, 0.25) is 0 Å². The fraction of sp³-hybridized carbons (Fsp3) is 0.333. The summed E-state index contributed by atoms with van der Waals surface area (Å²) in [6.45, 7) is 8.74. The Balaban J connectivity index is 1.86. The number of aromatic amines is 1. The number of carbonyl (C=O) groups is 2. The number of carbonyl (C=O) groups excluding carboxylic acids is 2. The van der Waals surface area contributed by atoms with Crippen molar-refractivity contribution in [3.63, 3.8) is 0 Å². The fourth-order valence-corrected chi connectivity index (χ4v) is 4.26. The Morgan fingerprint density at radius 1 is 1.06 bits per heavy atom. The molecule has 0 saturated heterocycles. The van der Waals surface area contributed by atoms with Gasteiger partial charge in [0.2, 0.25) is 0 Å². The van der Waals surface area contributed by atoms with Gasteiger partial charge >= 0.3 is 0 Å². The van der Waals surface area contributed by atoms with Crippen molar-refractivity contribution in [2.45, 2.75) is 46.6 Å². The molecule has 0 spiro atoms. The lowest BCUT2D eigenvalue weighted by Gasteiger charge is -2.30. The maximum atomic E-state index is 13.2. The molecule has 0 aliphatic carbocycles. The number of Topliss-reactive ketones (excluding diaryl/α,β-unsaturated/α-hetero) is 2. The van der Waals surface area contributed by atoms with Crippen molar-refractivity contribution in [3.8, 4) is 0 Å². The van der Waals surface area contributed by atoms with Crippen LogP contribution in [0.4, 0.5) is 0 Å². The van der Waals surface area contributed by atoms with Crippen molar-refractivity contribution in [3.05, 3.63) is 77.5 Å². The number of H-pyrrole nitrogens is 1. The third-order valence-corrected chi connectivity index (χ3v) is 5.91. The molecule has 1 heterocycles. The Bertz CT molecular complexity index is 1090. The zero-order chi connectivity index (χ0) is 22.4. The SMILES string of the molecule is C/C=C(/CC(C(C)=O)N(CCC)CC(=O)c1c[nH]c2ccccc12)c1ccccc1C. The topological polar surface area (TPSA) is 53.2 Å². The van der Waals surface area contributed by atoms with Gasteiger partial charge < -0.3 is 4.98 Å². The Morgan fingerprint density at radius 3 is 2.45 bits per heavy atom. The summed E-state index contributed by atoms with van der Waals surface area (Å²) >= 11 is 0. The molecule has 1 N–H and O–H groups in total. The lowest BCUT2D eigenvalue weighted by molar-refractivity contribution is -0.121. The number of aryl methyl sites for hydroxylation is 1. The van der Waals surface area contributed by atoms with Crippen LogP contribution < -0.4 is 0 Å². The predicted octanol–water partition coefficient (Wildman–Crippen LogP) is 5.82. The van der Waals surface area contributed by atoms with E-state index in [0.29, 0.717) is 18.5 Å². The van der Waals surface area contributed by atoms with Crippen molar-refractivity contribution < 1.29 is 9.59 Å². The van der Waals surface area contributed by atoms with Crippen molar-refractivity contribution >= 4 is 28.0 Å². The highest BCUT2D eigenvalue weighted by Gasteiger charge is 2.27. The van der Waals surface area contributed by atoms with Crippen LogP contribution in [0.1, 0.15) is 55.1 Å². The van der Waals surface area contributed by atoms with Gasteiger partial charge in [-0.1, -0.05) is 55.5 Å². The van der Waals surface area contributed by atoms with Gasteiger partial charge in [0.25, 0.3) is 0 Å². The maximum Gasteiger partial charge on any atom is 0.178 e. The monoisotopic (exact) mass is 416 g/mol. The number of nitrogens with one attached hydrogen (secondary N) is 1. The van der Waals surface area contributed by atoms with Gasteiger partial charge in [0, 0.05) is 22.7 Å². The summed E-state index contributed by atoms with van der Waals surface area (Å²) in [5, 5.41) is 0.928. The number of benzene rings is 2.